The monoisotopic (exact) mass is 296 g/mol. The van der Waals surface area contributed by atoms with Crippen LogP contribution >= 0.6 is 27.7 Å². The van der Waals surface area contributed by atoms with Gasteiger partial charge in [0.2, 0.25) is 0 Å². The quantitative estimate of drug-likeness (QED) is 0.775. The van der Waals surface area contributed by atoms with Gasteiger partial charge in [0.15, 0.2) is 5.12 Å². The third-order valence-corrected chi connectivity index (χ3v) is 3.21. The summed E-state index contributed by atoms with van der Waals surface area (Å²) in [6, 6.07) is 6.08. The Balaban J connectivity index is 2.76. The topological polar surface area (TPSA) is 17.1 Å². The summed E-state index contributed by atoms with van der Waals surface area (Å²) >= 11 is 4.69. The van der Waals surface area contributed by atoms with E-state index in [-0.39, 0.29) is 5.12 Å². The zero-order valence-corrected chi connectivity index (χ0v) is 11.7. The Bertz CT molecular complexity index is 443. The number of hydrogen-bond donors (Lipinski definition) is 0. The average Bonchev–Trinajstić information content (AvgIpc) is 2.25. The zero-order valence-electron chi connectivity index (χ0n) is 9.34. The fourth-order valence-electron chi connectivity index (χ4n) is 1.25. The van der Waals surface area contributed by atoms with Crippen LogP contribution in [0.25, 0.3) is 0 Å². The summed E-state index contributed by atoms with van der Waals surface area (Å²) in [6.07, 6.45) is 0.962. The molecule has 1 nitrogen and oxygen atoms in total. The first kappa shape index (κ1) is 13.3. The second-order valence-electron chi connectivity index (χ2n) is 3.24. The summed E-state index contributed by atoms with van der Waals surface area (Å²) < 4.78 is 1.08. The van der Waals surface area contributed by atoms with Gasteiger partial charge >= 0.3 is 0 Å². The molecule has 0 amide bonds. The van der Waals surface area contributed by atoms with E-state index in [1.165, 1.54) is 17.3 Å². The van der Waals surface area contributed by atoms with Crippen LogP contribution < -0.4 is 0 Å². The maximum atomic E-state index is 10.7. The van der Waals surface area contributed by atoms with Crippen molar-refractivity contribution < 1.29 is 4.79 Å². The van der Waals surface area contributed by atoms with Crippen LogP contribution in [0.2, 0.25) is 0 Å². The molecule has 1 aromatic carbocycles. The predicted molar refractivity (Wildman–Crippen MR) is 73.5 cm³/mol. The number of carbonyl (C=O) groups excluding carboxylic acids is 1. The van der Waals surface area contributed by atoms with Gasteiger partial charge in [-0.15, -0.1) is 0 Å². The molecule has 0 aromatic heterocycles. The molecule has 0 bridgehead atoms. The van der Waals surface area contributed by atoms with Crippen molar-refractivity contribution in [2.75, 3.05) is 5.75 Å². The summed E-state index contributed by atoms with van der Waals surface area (Å²) in [7, 11) is 0. The van der Waals surface area contributed by atoms with E-state index < -0.39 is 0 Å². The fourth-order valence-corrected chi connectivity index (χ4v) is 2.00. The van der Waals surface area contributed by atoms with Gasteiger partial charge in [0.1, 0.15) is 0 Å². The smallest absolute Gasteiger partial charge is 0.186 e. The lowest BCUT2D eigenvalue weighted by Gasteiger charge is -2.01. The Labute approximate surface area is 109 Å². The standard InChI is InChI=1S/C13H13BrOS/c1-3-11-9-13(14)7-6-12(11)5-4-8-16-10(2)15/h6-7,9H,3,8H2,1-2H3. The van der Waals surface area contributed by atoms with Gasteiger partial charge in [0.25, 0.3) is 0 Å². The van der Waals surface area contributed by atoms with Crippen molar-refractivity contribution in [3.8, 4) is 11.8 Å². The van der Waals surface area contributed by atoms with Crippen LogP contribution in [0, 0.1) is 11.8 Å². The van der Waals surface area contributed by atoms with Gasteiger partial charge in [-0.3, -0.25) is 4.79 Å². The maximum Gasteiger partial charge on any atom is 0.186 e. The highest BCUT2D eigenvalue weighted by Crippen LogP contribution is 2.16. The molecule has 3 heteroatoms. The third-order valence-electron chi connectivity index (χ3n) is 2.02. The second kappa shape index (κ2) is 6.78. The molecule has 0 heterocycles. The molecule has 0 fully saturated rings. The van der Waals surface area contributed by atoms with Crippen LogP contribution in [0.5, 0.6) is 0 Å². The van der Waals surface area contributed by atoms with E-state index in [4.69, 9.17) is 0 Å². The van der Waals surface area contributed by atoms with Gasteiger partial charge in [0.05, 0.1) is 5.75 Å². The van der Waals surface area contributed by atoms with Crippen molar-refractivity contribution in [3.05, 3.63) is 33.8 Å². The Morgan fingerprint density at radius 2 is 2.25 bits per heavy atom. The molecular formula is C13H13BrOS. The van der Waals surface area contributed by atoms with E-state index in [2.05, 4.69) is 40.8 Å². The predicted octanol–water partition coefficient (Wildman–Crippen LogP) is 3.64. The number of rotatable bonds is 2. The highest BCUT2D eigenvalue weighted by atomic mass is 79.9. The molecule has 84 valence electrons. The SMILES string of the molecule is CCc1cc(Br)ccc1C#CCSC(C)=O. The molecule has 0 spiro atoms. The van der Waals surface area contributed by atoms with Gasteiger partial charge in [-0.25, -0.2) is 0 Å². The Morgan fingerprint density at radius 1 is 1.50 bits per heavy atom. The van der Waals surface area contributed by atoms with E-state index in [9.17, 15) is 4.79 Å². The maximum absolute atomic E-state index is 10.7. The van der Waals surface area contributed by atoms with Crippen molar-refractivity contribution in [2.24, 2.45) is 0 Å². The number of hydrogen-bond acceptors (Lipinski definition) is 2. The summed E-state index contributed by atoms with van der Waals surface area (Å²) in [5.74, 6) is 6.67. The highest BCUT2D eigenvalue weighted by molar-refractivity contribution is 9.10. The van der Waals surface area contributed by atoms with Crippen molar-refractivity contribution >= 4 is 32.8 Å². The molecule has 0 N–H and O–H groups in total. The van der Waals surface area contributed by atoms with Crippen LogP contribution in [-0.2, 0) is 11.2 Å². The lowest BCUT2D eigenvalue weighted by Crippen LogP contribution is -1.88. The van der Waals surface area contributed by atoms with Crippen LogP contribution in [0.4, 0.5) is 0 Å². The molecule has 0 aliphatic carbocycles. The summed E-state index contributed by atoms with van der Waals surface area (Å²) in [5.41, 5.74) is 2.28. The normalized spacial score (nSPS) is 9.44. The minimum absolute atomic E-state index is 0.112. The van der Waals surface area contributed by atoms with Gasteiger partial charge in [-0.05, 0) is 30.2 Å². The fraction of sp³-hybridized carbons (Fsp3) is 0.308. The number of thioether (sulfide) groups is 1. The molecule has 0 aliphatic heterocycles. The molecule has 0 unspecified atom stereocenters. The van der Waals surface area contributed by atoms with Gasteiger partial charge in [-0.1, -0.05) is 46.5 Å². The van der Waals surface area contributed by atoms with Gasteiger partial charge in [-0.2, -0.15) is 0 Å². The lowest BCUT2D eigenvalue weighted by molar-refractivity contribution is -0.109. The molecule has 1 rings (SSSR count). The van der Waals surface area contributed by atoms with E-state index in [0.717, 1.165) is 16.5 Å². The molecule has 0 atom stereocenters. The summed E-state index contributed by atoms with van der Waals surface area (Å²) in [4.78, 5) is 10.7. The third kappa shape index (κ3) is 4.42. The largest absolute Gasteiger partial charge is 0.288 e. The zero-order chi connectivity index (χ0) is 12.0. The minimum atomic E-state index is 0.112. The number of halogens is 1. The minimum Gasteiger partial charge on any atom is -0.288 e. The first-order chi connectivity index (χ1) is 7.63. The van der Waals surface area contributed by atoms with Gasteiger partial charge in [0, 0.05) is 17.0 Å². The Hall–Kier alpha value is -0.720. The molecule has 16 heavy (non-hydrogen) atoms. The first-order valence-electron chi connectivity index (χ1n) is 5.04. The van der Waals surface area contributed by atoms with Crippen molar-refractivity contribution in [3.63, 3.8) is 0 Å². The molecular weight excluding hydrogens is 284 g/mol. The van der Waals surface area contributed by atoms with Crippen molar-refractivity contribution in [2.45, 2.75) is 20.3 Å². The van der Waals surface area contributed by atoms with Crippen molar-refractivity contribution in [1.29, 1.82) is 0 Å². The van der Waals surface area contributed by atoms with E-state index in [0.29, 0.717) is 5.75 Å². The van der Waals surface area contributed by atoms with E-state index in [1.807, 2.05) is 12.1 Å². The van der Waals surface area contributed by atoms with Crippen LogP contribution in [-0.4, -0.2) is 10.9 Å². The van der Waals surface area contributed by atoms with E-state index >= 15 is 0 Å². The van der Waals surface area contributed by atoms with Crippen LogP contribution in [0.15, 0.2) is 22.7 Å². The first-order valence-corrected chi connectivity index (χ1v) is 6.82. The molecule has 1 aromatic rings. The summed E-state index contributed by atoms with van der Waals surface area (Å²) in [6.45, 7) is 3.67. The molecule has 0 saturated heterocycles. The molecule has 0 radical (unpaired) electrons. The molecule has 0 saturated carbocycles. The number of aryl methyl sites for hydroxylation is 1. The van der Waals surface area contributed by atoms with Crippen LogP contribution in [0.3, 0.4) is 0 Å². The van der Waals surface area contributed by atoms with Gasteiger partial charge < -0.3 is 0 Å². The van der Waals surface area contributed by atoms with E-state index in [1.54, 1.807) is 6.92 Å². The Kier molecular flexibility index (Phi) is 5.65. The summed E-state index contributed by atoms with van der Waals surface area (Å²) in [5, 5.41) is 0.112. The highest BCUT2D eigenvalue weighted by Gasteiger charge is 1.98. The number of carbonyl (C=O) groups is 1. The number of benzene rings is 1. The average molecular weight is 297 g/mol. The lowest BCUT2D eigenvalue weighted by atomic mass is 10.1. The second-order valence-corrected chi connectivity index (χ2v) is 5.30. The Morgan fingerprint density at radius 3 is 2.88 bits per heavy atom. The van der Waals surface area contributed by atoms with Crippen LogP contribution in [0.1, 0.15) is 25.0 Å². The molecule has 0 aliphatic rings. The van der Waals surface area contributed by atoms with Crippen molar-refractivity contribution in [1.82, 2.24) is 0 Å².